The average Bonchev–Trinajstić information content (AvgIpc) is 2.35. The molecule has 0 aromatic carbocycles. The molecule has 68 valence electrons. The van der Waals surface area contributed by atoms with Crippen molar-refractivity contribution in [2.75, 3.05) is 7.05 Å². The van der Waals surface area contributed by atoms with E-state index in [-0.39, 0.29) is 5.75 Å². The molecule has 1 aromatic heterocycles. The first kappa shape index (κ1) is 9.28. The summed E-state index contributed by atoms with van der Waals surface area (Å²) in [7, 11) is -1.82. The Bertz CT molecular complexity index is 352. The van der Waals surface area contributed by atoms with Crippen molar-refractivity contribution in [3.05, 3.63) is 23.7 Å². The number of hydrogen-bond acceptors (Lipinski definition) is 3. The molecule has 1 heterocycles. The fourth-order valence-electron chi connectivity index (χ4n) is 0.826. The Balaban J connectivity index is 2.77. The third kappa shape index (κ3) is 2.35. The zero-order valence-electron chi connectivity index (χ0n) is 6.99. The van der Waals surface area contributed by atoms with E-state index in [1.807, 2.05) is 6.92 Å². The van der Waals surface area contributed by atoms with Gasteiger partial charge in [-0.1, -0.05) is 0 Å². The van der Waals surface area contributed by atoms with E-state index in [4.69, 9.17) is 4.42 Å². The topological polar surface area (TPSA) is 59.3 Å². The number of sulfonamides is 1. The molecule has 0 aliphatic heterocycles. The molecule has 1 rings (SSSR count). The van der Waals surface area contributed by atoms with Crippen molar-refractivity contribution in [3.8, 4) is 0 Å². The van der Waals surface area contributed by atoms with Crippen LogP contribution in [0.15, 0.2) is 16.7 Å². The summed E-state index contributed by atoms with van der Waals surface area (Å²) in [5.41, 5.74) is 0.927. The Kier molecular flexibility index (Phi) is 2.54. The Morgan fingerprint density at radius 1 is 1.58 bits per heavy atom. The Labute approximate surface area is 71.6 Å². The molecule has 4 nitrogen and oxygen atoms in total. The number of hydrogen-bond donors (Lipinski definition) is 1. The lowest BCUT2D eigenvalue weighted by Gasteiger charge is -1.97. The van der Waals surface area contributed by atoms with Crippen LogP contribution < -0.4 is 4.72 Å². The molecule has 1 aromatic rings. The van der Waals surface area contributed by atoms with E-state index in [1.165, 1.54) is 13.3 Å². The van der Waals surface area contributed by atoms with Crippen LogP contribution in [0.5, 0.6) is 0 Å². The van der Waals surface area contributed by atoms with Crippen LogP contribution in [0.25, 0.3) is 0 Å². The predicted octanol–water partition coefficient (Wildman–Crippen LogP) is 0.637. The van der Waals surface area contributed by atoms with Gasteiger partial charge in [0.15, 0.2) is 0 Å². The van der Waals surface area contributed by atoms with E-state index in [0.717, 1.165) is 5.56 Å². The van der Waals surface area contributed by atoms with Gasteiger partial charge in [-0.15, -0.1) is 0 Å². The molecular formula is C7H11NO3S. The van der Waals surface area contributed by atoms with Gasteiger partial charge in [0.1, 0.15) is 11.5 Å². The smallest absolute Gasteiger partial charge is 0.218 e. The van der Waals surface area contributed by atoms with Crippen LogP contribution in [-0.2, 0) is 15.8 Å². The van der Waals surface area contributed by atoms with E-state index in [1.54, 1.807) is 6.07 Å². The van der Waals surface area contributed by atoms with Crippen molar-refractivity contribution in [3.63, 3.8) is 0 Å². The minimum absolute atomic E-state index is 0.0999. The fraction of sp³-hybridized carbons (Fsp3) is 0.429. The second-order valence-corrected chi connectivity index (χ2v) is 4.48. The zero-order valence-corrected chi connectivity index (χ0v) is 7.81. The van der Waals surface area contributed by atoms with Crippen LogP contribution in [0.2, 0.25) is 0 Å². The van der Waals surface area contributed by atoms with Gasteiger partial charge in [0.05, 0.1) is 6.26 Å². The molecule has 0 spiro atoms. The van der Waals surface area contributed by atoms with Crippen molar-refractivity contribution in [2.45, 2.75) is 12.7 Å². The minimum Gasteiger partial charge on any atom is -0.468 e. The van der Waals surface area contributed by atoms with E-state index in [2.05, 4.69) is 4.72 Å². The Morgan fingerprint density at radius 3 is 2.67 bits per heavy atom. The monoisotopic (exact) mass is 189 g/mol. The van der Waals surface area contributed by atoms with Gasteiger partial charge in [-0.2, -0.15) is 0 Å². The molecule has 0 atom stereocenters. The summed E-state index contributed by atoms with van der Waals surface area (Å²) in [4.78, 5) is 0. The zero-order chi connectivity index (χ0) is 9.19. The van der Waals surface area contributed by atoms with Crippen molar-refractivity contribution in [2.24, 2.45) is 0 Å². The largest absolute Gasteiger partial charge is 0.468 e. The molecule has 0 saturated carbocycles. The van der Waals surface area contributed by atoms with Gasteiger partial charge >= 0.3 is 0 Å². The van der Waals surface area contributed by atoms with Crippen molar-refractivity contribution in [1.29, 1.82) is 0 Å². The molecule has 5 heteroatoms. The molecule has 12 heavy (non-hydrogen) atoms. The van der Waals surface area contributed by atoms with Gasteiger partial charge in [0.2, 0.25) is 10.0 Å². The summed E-state index contributed by atoms with van der Waals surface area (Å²) in [5, 5.41) is 0. The highest BCUT2D eigenvalue weighted by Gasteiger charge is 2.10. The lowest BCUT2D eigenvalue weighted by atomic mass is 10.4. The highest BCUT2D eigenvalue weighted by atomic mass is 32.2. The Hall–Kier alpha value is -0.810. The van der Waals surface area contributed by atoms with Crippen molar-refractivity contribution < 1.29 is 12.8 Å². The second kappa shape index (κ2) is 3.28. The van der Waals surface area contributed by atoms with Crippen molar-refractivity contribution >= 4 is 10.0 Å². The SMILES string of the molecule is CNS(=O)(=O)Cc1cc(C)co1. The summed E-state index contributed by atoms with van der Waals surface area (Å²) < 4.78 is 29.2. The quantitative estimate of drug-likeness (QED) is 0.759. The summed E-state index contributed by atoms with van der Waals surface area (Å²) in [5.74, 6) is 0.360. The third-order valence-corrected chi connectivity index (χ3v) is 2.71. The lowest BCUT2D eigenvalue weighted by Crippen LogP contribution is -2.20. The average molecular weight is 189 g/mol. The molecule has 0 fully saturated rings. The number of nitrogens with one attached hydrogen (secondary N) is 1. The Morgan fingerprint density at radius 2 is 2.25 bits per heavy atom. The highest BCUT2D eigenvalue weighted by Crippen LogP contribution is 2.08. The third-order valence-electron chi connectivity index (χ3n) is 1.43. The minimum atomic E-state index is -3.20. The molecule has 0 bridgehead atoms. The molecule has 0 unspecified atom stereocenters. The summed E-state index contributed by atoms with van der Waals surface area (Å²) >= 11 is 0. The molecular weight excluding hydrogens is 178 g/mol. The van der Waals surface area contributed by atoms with Crippen LogP contribution in [-0.4, -0.2) is 15.5 Å². The molecule has 0 aliphatic rings. The van der Waals surface area contributed by atoms with Gasteiger partial charge < -0.3 is 4.42 Å². The maximum atomic E-state index is 11.0. The molecule has 0 radical (unpaired) electrons. The normalized spacial score (nSPS) is 11.8. The van der Waals surface area contributed by atoms with E-state index in [9.17, 15) is 8.42 Å². The summed E-state index contributed by atoms with van der Waals surface area (Å²) in [6, 6.07) is 1.70. The fourth-order valence-corrected chi connectivity index (χ4v) is 1.50. The highest BCUT2D eigenvalue weighted by molar-refractivity contribution is 7.88. The van der Waals surface area contributed by atoms with E-state index in [0.29, 0.717) is 5.76 Å². The maximum Gasteiger partial charge on any atom is 0.218 e. The maximum absolute atomic E-state index is 11.0. The number of rotatable bonds is 3. The predicted molar refractivity (Wildman–Crippen MR) is 45.1 cm³/mol. The van der Waals surface area contributed by atoms with Gasteiger partial charge in [-0.25, -0.2) is 13.1 Å². The van der Waals surface area contributed by atoms with Crippen molar-refractivity contribution in [1.82, 2.24) is 4.72 Å². The first-order valence-electron chi connectivity index (χ1n) is 3.49. The van der Waals surface area contributed by atoms with Gasteiger partial charge in [-0.05, 0) is 25.6 Å². The molecule has 0 saturated heterocycles. The van der Waals surface area contributed by atoms with Crippen LogP contribution in [0.1, 0.15) is 11.3 Å². The van der Waals surface area contributed by atoms with Crippen LogP contribution in [0.4, 0.5) is 0 Å². The van der Waals surface area contributed by atoms with Gasteiger partial charge in [0, 0.05) is 0 Å². The second-order valence-electron chi connectivity index (χ2n) is 2.55. The number of aryl methyl sites for hydroxylation is 1. The van der Waals surface area contributed by atoms with Crippen LogP contribution in [0, 0.1) is 6.92 Å². The van der Waals surface area contributed by atoms with E-state index >= 15 is 0 Å². The van der Waals surface area contributed by atoms with E-state index < -0.39 is 10.0 Å². The molecule has 0 aliphatic carbocycles. The molecule has 0 amide bonds. The molecule has 1 N–H and O–H groups in total. The first-order valence-corrected chi connectivity index (χ1v) is 5.14. The van der Waals surface area contributed by atoms with Crippen LogP contribution in [0.3, 0.4) is 0 Å². The van der Waals surface area contributed by atoms with Gasteiger partial charge in [-0.3, -0.25) is 0 Å². The first-order chi connectivity index (χ1) is 5.53. The standard InChI is InChI=1S/C7H11NO3S/c1-6-3-7(11-4-6)5-12(9,10)8-2/h3-4,8H,5H2,1-2H3. The number of furan rings is 1. The van der Waals surface area contributed by atoms with Gasteiger partial charge in [0.25, 0.3) is 0 Å². The summed E-state index contributed by atoms with van der Waals surface area (Å²) in [6.07, 6.45) is 1.53. The lowest BCUT2D eigenvalue weighted by molar-refractivity contribution is 0.518. The summed E-state index contributed by atoms with van der Waals surface area (Å²) in [6.45, 7) is 1.85. The van der Waals surface area contributed by atoms with Crippen LogP contribution >= 0.6 is 0 Å².